The fraction of sp³-hybridized carbons (Fsp3) is 0.571. The molecule has 2 aliphatic rings. The van der Waals surface area contributed by atoms with Crippen LogP contribution in [0.15, 0.2) is 24.5 Å². The zero-order chi connectivity index (χ0) is 12.4. The molecule has 0 spiro atoms. The maximum atomic E-state index is 12.1. The molecule has 96 valence electrons. The van der Waals surface area contributed by atoms with Gasteiger partial charge in [0.1, 0.15) is 5.82 Å². The Labute approximate surface area is 107 Å². The fourth-order valence-electron chi connectivity index (χ4n) is 2.84. The molecule has 1 aliphatic heterocycles. The molecule has 4 heteroatoms. The summed E-state index contributed by atoms with van der Waals surface area (Å²) in [7, 11) is 0. The molecule has 3 rings (SSSR count). The second-order valence-corrected chi connectivity index (χ2v) is 5.22. The van der Waals surface area contributed by atoms with Crippen LogP contribution in [0.2, 0.25) is 0 Å². The standard InChI is InChI=1S/C14H19N3O/c18-14(11-4-2-1-3-5-11)16-12-6-7-13-15-8-9-17(13)10-12/h1-2,8-9,11-12H,3-7,10H2,(H,16,18)/t11-,12+/m1/s1. The molecule has 1 N–H and O–H groups in total. The Morgan fingerprint density at radius 3 is 3.17 bits per heavy atom. The van der Waals surface area contributed by atoms with E-state index in [1.54, 1.807) is 0 Å². The monoisotopic (exact) mass is 245 g/mol. The van der Waals surface area contributed by atoms with Crippen molar-refractivity contribution in [3.63, 3.8) is 0 Å². The number of aromatic nitrogens is 2. The van der Waals surface area contributed by atoms with Crippen molar-refractivity contribution in [3.05, 3.63) is 30.4 Å². The molecule has 0 unspecified atom stereocenters. The lowest BCUT2D eigenvalue weighted by Gasteiger charge is -2.27. The third kappa shape index (κ3) is 2.33. The minimum absolute atomic E-state index is 0.180. The van der Waals surface area contributed by atoms with Gasteiger partial charge in [0.05, 0.1) is 0 Å². The molecule has 1 amide bonds. The van der Waals surface area contributed by atoms with Crippen molar-refractivity contribution in [2.45, 2.75) is 44.7 Å². The third-order valence-electron chi connectivity index (χ3n) is 3.92. The summed E-state index contributed by atoms with van der Waals surface area (Å²) < 4.78 is 2.15. The predicted octanol–water partition coefficient (Wildman–Crippen LogP) is 1.67. The summed E-state index contributed by atoms with van der Waals surface area (Å²) in [6.07, 6.45) is 13.0. The summed E-state index contributed by atoms with van der Waals surface area (Å²) in [5.74, 6) is 1.55. The third-order valence-corrected chi connectivity index (χ3v) is 3.92. The molecule has 0 radical (unpaired) electrons. The fourth-order valence-corrected chi connectivity index (χ4v) is 2.84. The summed E-state index contributed by atoms with van der Waals surface area (Å²) in [6.45, 7) is 0.865. The van der Waals surface area contributed by atoms with Crippen LogP contribution in [-0.2, 0) is 17.8 Å². The Kier molecular flexibility index (Phi) is 3.17. The number of hydrogen-bond acceptors (Lipinski definition) is 2. The number of nitrogens with one attached hydrogen (secondary N) is 1. The van der Waals surface area contributed by atoms with Gasteiger partial charge in [-0.3, -0.25) is 4.79 Å². The van der Waals surface area contributed by atoms with Crippen LogP contribution in [0.5, 0.6) is 0 Å². The van der Waals surface area contributed by atoms with Crippen molar-refractivity contribution in [2.75, 3.05) is 0 Å². The summed E-state index contributed by atoms with van der Waals surface area (Å²) in [4.78, 5) is 16.4. The normalized spacial score (nSPS) is 26.7. The lowest BCUT2D eigenvalue weighted by Crippen LogP contribution is -2.43. The Balaban J connectivity index is 1.57. The van der Waals surface area contributed by atoms with Crippen LogP contribution < -0.4 is 5.32 Å². The first-order chi connectivity index (χ1) is 8.83. The first-order valence-electron chi connectivity index (χ1n) is 6.78. The largest absolute Gasteiger partial charge is 0.351 e. The van der Waals surface area contributed by atoms with Gasteiger partial charge in [0.25, 0.3) is 0 Å². The molecular formula is C14H19N3O. The zero-order valence-electron chi connectivity index (χ0n) is 10.5. The molecule has 0 fully saturated rings. The molecule has 1 aromatic heterocycles. The Bertz CT molecular complexity index is 463. The number of rotatable bonds is 2. The van der Waals surface area contributed by atoms with Gasteiger partial charge >= 0.3 is 0 Å². The quantitative estimate of drug-likeness (QED) is 0.806. The molecule has 18 heavy (non-hydrogen) atoms. The van der Waals surface area contributed by atoms with Gasteiger partial charge in [-0.05, 0) is 25.7 Å². The number of fused-ring (bicyclic) bond motifs is 1. The molecule has 0 saturated heterocycles. The average molecular weight is 245 g/mol. The highest BCUT2D eigenvalue weighted by molar-refractivity contribution is 5.79. The van der Waals surface area contributed by atoms with E-state index in [0.29, 0.717) is 0 Å². The molecule has 2 heterocycles. The number of carbonyl (C=O) groups excluding carboxylic acids is 1. The Morgan fingerprint density at radius 2 is 2.33 bits per heavy atom. The van der Waals surface area contributed by atoms with Gasteiger partial charge in [-0.25, -0.2) is 4.98 Å². The van der Waals surface area contributed by atoms with Crippen molar-refractivity contribution >= 4 is 5.91 Å². The van der Waals surface area contributed by atoms with Crippen LogP contribution >= 0.6 is 0 Å². The van der Waals surface area contributed by atoms with E-state index in [0.717, 1.165) is 44.5 Å². The number of carbonyl (C=O) groups is 1. The second-order valence-electron chi connectivity index (χ2n) is 5.22. The number of hydrogen-bond donors (Lipinski definition) is 1. The van der Waals surface area contributed by atoms with E-state index < -0.39 is 0 Å². The van der Waals surface area contributed by atoms with E-state index >= 15 is 0 Å². The smallest absolute Gasteiger partial charge is 0.223 e. The van der Waals surface area contributed by atoms with Crippen LogP contribution in [0.1, 0.15) is 31.5 Å². The molecule has 0 bridgehead atoms. The lowest BCUT2D eigenvalue weighted by atomic mass is 9.93. The van der Waals surface area contributed by atoms with E-state index in [2.05, 4.69) is 27.0 Å². The molecule has 0 aromatic carbocycles. The van der Waals surface area contributed by atoms with E-state index in [1.807, 2.05) is 12.4 Å². The van der Waals surface area contributed by atoms with Crippen molar-refractivity contribution in [1.82, 2.24) is 14.9 Å². The van der Waals surface area contributed by atoms with Gasteiger partial charge < -0.3 is 9.88 Å². The summed E-state index contributed by atoms with van der Waals surface area (Å²) in [5.41, 5.74) is 0. The number of allylic oxidation sites excluding steroid dienone is 2. The highest BCUT2D eigenvalue weighted by atomic mass is 16.1. The van der Waals surface area contributed by atoms with E-state index in [1.165, 1.54) is 0 Å². The van der Waals surface area contributed by atoms with Gasteiger partial charge in [-0.2, -0.15) is 0 Å². The van der Waals surface area contributed by atoms with E-state index in [9.17, 15) is 4.79 Å². The molecular weight excluding hydrogens is 226 g/mol. The van der Waals surface area contributed by atoms with Gasteiger partial charge in [-0.15, -0.1) is 0 Å². The number of aryl methyl sites for hydroxylation is 1. The van der Waals surface area contributed by atoms with Crippen LogP contribution in [0.25, 0.3) is 0 Å². The molecule has 1 aliphatic carbocycles. The minimum atomic E-state index is 0.180. The highest BCUT2D eigenvalue weighted by Gasteiger charge is 2.24. The number of nitrogens with zero attached hydrogens (tertiary/aromatic N) is 2. The van der Waals surface area contributed by atoms with Crippen LogP contribution in [-0.4, -0.2) is 21.5 Å². The zero-order valence-corrected chi connectivity index (χ0v) is 10.5. The minimum Gasteiger partial charge on any atom is -0.351 e. The first kappa shape index (κ1) is 11.5. The van der Waals surface area contributed by atoms with Crippen molar-refractivity contribution in [2.24, 2.45) is 5.92 Å². The van der Waals surface area contributed by atoms with Crippen molar-refractivity contribution in [1.29, 1.82) is 0 Å². The van der Waals surface area contributed by atoms with Gasteiger partial charge in [0.15, 0.2) is 0 Å². The summed E-state index contributed by atoms with van der Waals surface area (Å²) in [6, 6.07) is 0.269. The molecule has 1 aromatic rings. The summed E-state index contributed by atoms with van der Waals surface area (Å²) >= 11 is 0. The maximum Gasteiger partial charge on any atom is 0.223 e. The van der Waals surface area contributed by atoms with Crippen LogP contribution in [0.3, 0.4) is 0 Å². The van der Waals surface area contributed by atoms with E-state index in [-0.39, 0.29) is 17.9 Å². The summed E-state index contributed by atoms with van der Waals surface area (Å²) in [5, 5.41) is 3.20. The van der Waals surface area contributed by atoms with Gasteiger partial charge in [0.2, 0.25) is 5.91 Å². The average Bonchev–Trinajstić information content (AvgIpc) is 2.87. The van der Waals surface area contributed by atoms with E-state index in [4.69, 9.17) is 0 Å². The van der Waals surface area contributed by atoms with Crippen molar-refractivity contribution in [3.8, 4) is 0 Å². The molecule has 2 atom stereocenters. The number of amides is 1. The SMILES string of the molecule is O=C(N[C@H]1CCc2nccn2C1)[C@@H]1CC=CCC1. The predicted molar refractivity (Wildman–Crippen MR) is 69.0 cm³/mol. The Hall–Kier alpha value is -1.58. The Morgan fingerprint density at radius 1 is 1.39 bits per heavy atom. The second kappa shape index (κ2) is 4.96. The van der Waals surface area contributed by atoms with Gasteiger partial charge in [0, 0.05) is 37.3 Å². The highest BCUT2D eigenvalue weighted by Crippen LogP contribution is 2.19. The van der Waals surface area contributed by atoms with Gasteiger partial charge in [-0.1, -0.05) is 12.2 Å². The number of imidazole rings is 1. The topological polar surface area (TPSA) is 46.9 Å². The lowest BCUT2D eigenvalue weighted by molar-refractivity contribution is -0.126. The van der Waals surface area contributed by atoms with Crippen LogP contribution in [0.4, 0.5) is 0 Å². The maximum absolute atomic E-state index is 12.1. The molecule has 4 nitrogen and oxygen atoms in total. The molecule has 0 saturated carbocycles. The van der Waals surface area contributed by atoms with Crippen LogP contribution in [0, 0.1) is 5.92 Å². The van der Waals surface area contributed by atoms with Crippen molar-refractivity contribution < 1.29 is 4.79 Å². The first-order valence-corrected chi connectivity index (χ1v) is 6.78.